The third-order valence-corrected chi connectivity index (χ3v) is 3.84. The molecule has 3 rings (SSSR count). The lowest BCUT2D eigenvalue weighted by Crippen LogP contribution is -2.00. The lowest BCUT2D eigenvalue weighted by molar-refractivity contribution is 0.475. The van der Waals surface area contributed by atoms with Gasteiger partial charge in [-0.2, -0.15) is 16.9 Å². The quantitative estimate of drug-likeness (QED) is 0.821. The molecule has 0 aliphatic carbocycles. The van der Waals surface area contributed by atoms with Gasteiger partial charge in [0.1, 0.15) is 5.75 Å². The Morgan fingerprint density at radius 1 is 1.25 bits per heavy atom. The summed E-state index contributed by atoms with van der Waals surface area (Å²) in [5.41, 5.74) is 4.81. The van der Waals surface area contributed by atoms with Gasteiger partial charge in [-0.1, -0.05) is 0 Å². The molecule has 1 aliphatic heterocycles. The highest BCUT2D eigenvalue weighted by Gasteiger charge is 2.21. The van der Waals surface area contributed by atoms with Crippen molar-refractivity contribution in [2.24, 2.45) is 0 Å². The van der Waals surface area contributed by atoms with Crippen LogP contribution in [0.25, 0.3) is 5.69 Å². The van der Waals surface area contributed by atoms with Crippen LogP contribution in [0.1, 0.15) is 17.0 Å². The average Bonchev–Trinajstić information content (AvgIpc) is 2.84. The van der Waals surface area contributed by atoms with E-state index in [1.54, 1.807) is 12.1 Å². The maximum absolute atomic E-state index is 9.27. The van der Waals surface area contributed by atoms with Gasteiger partial charge in [-0.3, -0.25) is 0 Å². The Hall–Kier alpha value is -1.42. The Labute approximate surface area is 98.1 Å². The second-order valence-corrected chi connectivity index (χ2v) is 4.92. The van der Waals surface area contributed by atoms with Crippen molar-refractivity contribution < 1.29 is 5.11 Å². The lowest BCUT2D eigenvalue weighted by atomic mass is 10.2. The molecule has 0 spiro atoms. The van der Waals surface area contributed by atoms with Crippen LogP contribution in [0.4, 0.5) is 0 Å². The molecule has 0 bridgehead atoms. The highest BCUT2D eigenvalue weighted by atomic mass is 32.2. The Bertz CT molecular complexity index is 531. The van der Waals surface area contributed by atoms with Gasteiger partial charge in [-0.25, -0.2) is 4.68 Å². The zero-order chi connectivity index (χ0) is 11.1. The molecule has 0 fully saturated rings. The first-order valence-electron chi connectivity index (χ1n) is 5.20. The van der Waals surface area contributed by atoms with Crippen molar-refractivity contribution in [1.29, 1.82) is 0 Å². The summed E-state index contributed by atoms with van der Waals surface area (Å²) >= 11 is 1.93. The van der Waals surface area contributed by atoms with E-state index in [2.05, 4.69) is 12.0 Å². The number of aromatic hydroxyl groups is 1. The maximum atomic E-state index is 9.27. The van der Waals surface area contributed by atoms with E-state index >= 15 is 0 Å². The molecular weight excluding hydrogens is 220 g/mol. The van der Waals surface area contributed by atoms with E-state index in [4.69, 9.17) is 0 Å². The number of hydrogen-bond acceptors (Lipinski definition) is 3. The van der Waals surface area contributed by atoms with E-state index in [1.165, 1.54) is 11.3 Å². The van der Waals surface area contributed by atoms with Crippen LogP contribution in [0.3, 0.4) is 0 Å². The second-order valence-electron chi connectivity index (χ2n) is 3.93. The van der Waals surface area contributed by atoms with Crippen molar-refractivity contribution in [2.45, 2.75) is 18.4 Å². The predicted octanol–water partition coefficient (Wildman–Crippen LogP) is 2.63. The fourth-order valence-electron chi connectivity index (χ4n) is 2.00. The summed E-state index contributed by atoms with van der Waals surface area (Å²) in [6.07, 6.45) is 0. The van der Waals surface area contributed by atoms with E-state index in [-0.39, 0.29) is 0 Å². The van der Waals surface area contributed by atoms with E-state index in [0.717, 1.165) is 22.9 Å². The van der Waals surface area contributed by atoms with Gasteiger partial charge in [0.25, 0.3) is 0 Å². The van der Waals surface area contributed by atoms with E-state index in [1.807, 2.05) is 28.6 Å². The Kier molecular flexibility index (Phi) is 2.17. The molecular formula is C12H12N2OS. The summed E-state index contributed by atoms with van der Waals surface area (Å²) in [7, 11) is 0. The zero-order valence-corrected chi connectivity index (χ0v) is 9.79. The van der Waals surface area contributed by atoms with Gasteiger partial charge >= 0.3 is 0 Å². The first-order valence-corrected chi connectivity index (χ1v) is 6.35. The Balaban J connectivity index is 2.13. The molecule has 1 aromatic carbocycles. The number of fused-ring (bicyclic) bond motifs is 1. The van der Waals surface area contributed by atoms with E-state index in [0.29, 0.717) is 5.75 Å². The van der Waals surface area contributed by atoms with Crippen LogP contribution in [0, 0.1) is 6.92 Å². The molecule has 0 saturated carbocycles. The topological polar surface area (TPSA) is 38.0 Å². The molecule has 2 aromatic rings. The highest BCUT2D eigenvalue weighted by Crippen LogP contribution is 2.33. The molecule has 0 unspecified atom stereocenters. The number of nitrogens with zero attached hydrogens (tertiary/aromatic N) is 2. The number of aromatic nitrogens is 2. The number of phenolic OH excluding ortho intramolecular Hbond substituents is 1. The molecule has 4 heteroatoms. The molecule has 1 aliphatic rings. The summed E-state index contributed by atoms with van der Waals surface area (Å²) in [6, 6.07) is 7.18. The normalized spacial score (nSPS) is 14.1. The van der Waals surface area contributed by atoms with E-state index in [9.17, 15) is 5.11 Å². The number of benzene rings is 1. The number of phenols is 1. The fourth-order valence-corrected chi connectivity index (χ4v) is 3.17. The third kappa shape index (κ3) is 1.41. The van der Waals surface area contributed by atoms with Crippen LogP contribution >= 0.6 is 11.8 Å². The van der Waals surface area contributed by atoms with Crippen LogP contribution in [0.2, 0.25) is 0 Å². The smallest absolute Gasteiger partial charge is 0.115 e. The first-order chi connectivity index (χ1) is 7.75. The SMILES string of the molecule is Cc1nn(-c2ccc(O)cc2)c2c1CSC2. The summed E-state index contributed by atoms with van der Waals surface area (Å²) in [5, 5.41) is 13.8. The van der Waals surface area contributed by atoms with Crippen LogP contribution in [-0.4, -0.2) is 14.9 Å². The molecule has 0 amide bonds. The van der Waals surface area contributed by atoms with Gasteiger partial charge in [-0.05, 0) is 31.2 Å². The fraction of sp³-hybridized carbons (Fsp3) is 0.250. The predicted molar refractivity (Wildman–Crippen MR) is 65.0 cm³/mol. The summed E-state index contributed by atoms with van der Waals surface area (Å²) in [5.74, 6) is 2.38. The van der Waals surface area contributed by atoms with Gasteiger partial charge in [0.2, 0.25) is 0 Å². The highest BCUT2D eigenvalue weighted by molar-refractivity contribution is 7.98. The van der Waals surface area contributed by atoms with Crippen LogP contribution in [0.5, 0.6) is 5.75 Å². The molecule has 1 aromatic heterocycles. The Morgan fingerprint density at radius 3 is 2.75 bits per heavy atom. The monoisotopic (exact) mass is 232 g/mol. The van der Waals surface area contributed by atoms with Crippen LogP contribution in [0.15, 0.2) is 24.3 Å². The standard InChI is InChI=1S/C12H12N2OS/c1-8-11-6-16-7-12(11)14(13-8)9-2-4-10(15)5-3-9/h2-5,15H,6-7H2,1H3. The molecule has 16 heavy (non-hydrogen) atoms. The van der Waals surface area contributed by atoms with Crippen molar-refractivity contribution in [3.63, 3.8) is 0 Å². The maximum Gasteiger partial charge on any atom is 0.115 e. The Morgan fingerprint density at radius 2 is 2.00 bits per heavy atom. The zero-order valence-electron chi connectivity index (χ0n) is 8.97. The van der Waals surface area contributed by atoms with Gasteiger partial charge in [0.15, 0.2) is 0 Å². The summed E-state index contributed by atoms with van der Waals surface area (Å²) in [4.78, 5) is 0. The van der Waals surface area contributed by atoms with Crippen molar-refractivity contribution >= 4 is 11.8 Å². The number of thioether (sulfide) groups is 1. The van der Waals surface area contributed by atoms with Crippen LogP contribution in [-0.2, 0) is 11.5 Å². The molecule has 1 N–H and O–H groups in total. The molecule has 0 radical (unpaired) electrons. The minimum absolute atomic E-state index is 0.290. The van der Waals surface area contributed by atoms with Gasteiger partial charge in [-0.15, -0.1) is 0 Å². The van der Waals surface area contributed by atoms with Gasteiger partial charge in [0.05, 0.1) is 17.1 Å². The van der Waals surface area contributed by atoms with E-state index < -0.39 is 0 Å². The van der Waals surface area contributed by atoms with Crippen molar-refractivity contribution in [3.8, 4) is 11.4 Å². The summed E-state index contributed by atoms with van der Waals surface area (Å²) in [6.45, 7) is 2.06. The van der Waals surface area contributed by atoms with Crippen molar-refractivity contribution in [3.05, 3.63) is 41.2 Å². The molecule has 2 heterocycles. The molecule has 0 saturated heterocycles. The number of hydrogen-bond donors (Lipinski definition) is 1. The first kappa shape index (κ1) is 9.78. The minimum Gasteiger partial charge on any atom is -0.508 e. The second kappa shape index (κ2) is 3.56. The molecule has 3 nitrogen and oxygen atoms in total. The number of aryl methyl sites for hydroxylation is 1. The average molecular weight is 232 g/mol. The lowest BCUT2D eigenvalue weighted by Gasteiger charge is -2.04. The van der Waals surface area contributed by atoms with Gasteiger partial charge < -0.3 is 5.11 Å². The largest absolute Gasteiger partial charge is 0.508 e. The number of rotatable bonds is 1. The summed E-state index contributed by atoms with van der Waals surface area (Å²) < 4.78 is 1.99. The molecule has 0 atom stereocenters. The molecule has 82 valence electrons. The van der Waals surface area contributed by atoms with Crippen LogP contribution < -0.4 is 0 Å². The van der Waals surface area contributed by atoms with Crippen molar-refractivity contribution in [2.75, 3.05) is 0 Å². The van der Waals surface area contributed by atoms with Crippen molar-refractivity contribution in [1.82, 2.24) is 9.78 Å². The third-order valence-electron chi connectivity index (χ3n) is 2.87. The van der Waals surface area contributed by atoms with Gasteiger partial charge in [0, 0.05) is 17.1 Å². The minimum atomic E-state index is 0.290.